The molecular weight excluding hydrogens is 479 g/mol. The molecule has 0 bridgehead atoms. The van der Waals surface area contributed by atoms with Gasteiger partial charge >= 0.3 is 5.91 Å². The summed E-state index contributed by atoms with van der Waals surface area (Å²) in [6.07, 6.45) is 0. The lowest BCUT2D eigenvalue weighted by Gasteiger charge is -2.23. The molecule has 0 spiro atoms. The summed E-state index contributed by atoms with van der Waals surface area (Å²) < 4.78 is 19.8. The fourth-order valence-corrected chi connectivity index (χ4v) is 3.79. The highest BCUT2D eigenvalue weighted by molar-refractivity contribution is 9.10. The molecule has 1 aromatic heterocycles. The number of aliphatic hydroxyl groups excluding tert-OH is 1. The molecule has 164 valence electrons. The van der Waals surface area contributed by atoms with E-state index in [2.05, 4.69) is 21.1 Å². The highest BCUT2D eigenvalue weighted by atomic mass is 79.9. The summed E-state index contributed by atoms with van der Waals surface area (Å²) in [6, 6.07) is 12.7. The van der Waals surface area contributed by atoms with Crippen molar-refractivity contribution in [3.05, 3.63) is 87.3 Å². The Kier molecular flexibility index (Phi) is 5.50. The molecule has 1 fully saturated rings. The number of aliphatic hydroxyl groups is 1. The van der Waals surface area contributed by atoms with Crippen molar-refractivity contribution in [2.75, 3.05) is 4.90 Å². The first kappa shape index (κ1) is 22.0. The minimum absolute atomic E-state index is 0.107. The third-order valence-electron chi connectivity index (χ3n) is 5.23. The summed E-state index contributed by atoms with van der Waals surface area (Å²) in [4.78, 5) is 27.3. The molecule has 0 aliphatic carbocycles. The van der Waals surface area contributed by atoms with Gasteiger partial charge in [0.25, 0.3) is 5.78 Å². The number of Topliss-reactive ketones (excluding diaryl/α,β-unsaturated/α-hetero) is 1. The van der Waals surface area contributed by atoms with Crippen LogP contribution in [0.25, 0.3) is 5.76 Å². The molecule has 1 aliphatic heterocycles. The van der Waals surface area contributed by atoms with E-state index in [9.17, 15) is 19.1 Å². The normalized spacial score (nSPS) is 18.4. The van der Waals surface area contributed by atoms with Crippen molar-refractivity contribution in [1.82, 2.24) is 5.16 Å². The number of halogens is 2. The van der Waals surface area contributed by atoms with Crippen LogP contribution >= 0.6 is 15.9 Å². The van der Waals surface area contributed by atoms with Gasteiger partial charge in [0, 0.05) is 21.5 Å². The first-order valence-corrected chi connectivity index (χ1v) is 10.7. The van der Waals surface area contributed by atoms with E-state index in [4.69, 9.17) is 4.52 Å². The second-order valence-corrected chi connectivity index (χ2v) is 9.44. The fourth-order valence-electron chi connectivity index (χ4n) is 3.53. The van der Waals surface area contributed by atoms with Gasteiger partial charge in [-0.2, -0.15) is 0 Å². The number of nitrogens with zero attached hydrogens (tertiary/aromatic N) is 2. The molecule has 2 heterocycles. The number of anilines is 1. The lowest BCUT2D eigenvalue weighted by molar-refractivity contribution is -0.132. The number of carbonyl (C=O) groups is 2. The van der Waals surface area contributed by atoms with Gasteiger partial charge in [-0.3, -0.25) is 14.5 Å². The van der Waals surface area contributed by atoms with Gasteiger partial charge in [-0.15, -0.1) is 0 Å². The zero-order valence-corrected chi connectivity index (χ0v) is 19.2. The van der Waals surface area contributed by atoms with Crippen molar-refractivity contribution < 1.29 is 23.6 Å². The molecule has 1 atom stereocenters. The maximum Gasteiger partial charge on any atom is 0.301 e. The van der Waals surface area contributed by atoms with Crippen molar-refractivity contribution in [3.63, 3.8) is 0 Å². The van der Waals surface area contributed by atoms with Crippen molar-refractivity contribution in [3.8, 4) is 0 Å². The number of carbonyl (C=O) groups excluding carboxylic acids is 2. The molecule has 1 amide bonds. The summed E-state index contributed by atoms with van der Waals surface area (Å²) in [5.41, 5.74) is 0.337. The Morgan fingerprint density at radius 3 is 2.28 bits per heavy atom. The van der Waals surface area contributed by atoms with E-state index in [1.165, 1.54) is 29.2 Å². The van der Waals surface area contributed by atoms with Gasteiger partial charge in [-0.05, 0) is 29.8 Å². The van der Waals surface area contributed by atoms with Crippen LogP contribution in [-0.2, 0) is 15.0 Å². The third-order valence-corrected chi connectivity index (χ3v) is 5.76. The highest BCUT2D eigenvalue weighted by Crippen LogP contribution is 2.42. The molecule has 6 nitrogen and oxygen atoms in total. The first-order valence-electron chi connectivity index (χ1n) is 9.87. The van der Waals surface area contributed by atoms with Crippen LogP contribution in [0.2, 0.25) is 0 Å². The predicted molar refractivity (Wildman–Crippen MR) is 121 cm³/mol. The SMILES string of the molecule is CC(C)(C)c1cc(N2C(=O)C(=O)C(=C(O)c3ccc(Br)cc3)[C@@H]2c2ccc(F)cc2)no1. The third kappa shape index (κ3) is 3.86. The number of ketones is 1. The second kappa shape index (κ2) is 8.02. The molecule has 1 aliphatic rings. The van der Waals surface area contributed by atoms with Gasteiger partial charge in [0.15, 0.2) is 5.82 Å². The summed E-state index contributed by atoms with van der Waals surface area (Å²) in [5.74, 6) is -1.84. The predicted octanol–water partition coefficient (Wildman–Crippen LogP) is 5.50. The Morgan fingerprint density at radius 1 is 1.09 bits per heavy atom. The Balaban J connectivity index is 1.91. The Labute approximate surface area is 192 Å². The van der Waals surface area contributed by atoms with E-state index >= 15 is 0 Å². The zero-order chi connectivity index (χ0) is 23.2. The highest BCUT2D eigenvalue weighted by Gasteiger charge is 2.48. The molecule has 1 saturated heterocycles. The number of benzene rings is 2. The average Bonchev–Trinajstić information content (AvgIpc) is 3.32. The van der Waals surface area contributed by atoms with Crippen LogP contribution in [0.1, 0.15) is 43.7 Å². The van der Waals surface area contributed by atoms with Gasteiger partial charge in [0.05, 0.1) is 11.6 Å². The Hall–Kier alpha value is -3.26. The van der Waals surface area contributed by atoms with Crippen LogP contribution in [-0.4, -0.2) is 22.0 Å². The van der Waals surface area contributed by atoms with E-state index in [0.717, 1.165) is 4.47 Å². The molecule has 3 aromatic rings. The number of hydrogen-bond donors (Lipinski definition) is 1. The van der Waals surface area contributed by atoms with Crippen LogP contribution in [0, 0.1) is 5.82 Å². The maximum atomic E-state index is 13.6. The van der Waals surface area contributed by atoms with Gasteiger partial charge in [-0.25, -0.2) is 4.39 Å². The quantitative estimate of drug-likeness (QED) is 0.292. The van der Waals surface area contributed by atoms with E-state index in [1.807, 2.05) is 20.8 Å². The molecule has 0 saturated carbocycles. The molecule has 0 unspecified atom stereocenters. The molecule has 1 N–H and O–H groups in total. The molecular formula is C24H20BrFN2O4. The summed E-state index contributed by atoms with van der Waals surface area (Å²) in [5, 5.41) is 15.0. The van der Waals surface area contributed by atoms with E-state index < -0.39 is 23.5 Å². The lowest BCUT2D eigenvalue weighted by atomic mass is 9.93. The molecule has 2 aromatic carbocycles. The van der Waals surface area contributed by atoms with Crippen LogP contribution in [0.15, 0.2) is 69.2 Å². The van der Waals surface area contributed by atoms with Crippen LogP contribution in [0.5, 0.6) is 0 Å². The van der Waals surface area contributed by atoms with E-state index in [0.29, 0.717) is 16.9 Å². The van der Waals surface area contributed by atoms with Crippen molar-refractivity contribution in [2.45, 2.75) is 32.2 Å². The molecule has 32 heavy (non-hydrogen) atoms. The lowest BCUT2D eigenvalue weighted by Crippen LogP contribution is -2.29. The fraction of sp³-hybridized carbons (Fsp3) is 0.208. The molecule has 4 rings (SSSR count). The van der Waals surface area contributed by atoms with Crippen LogP contribution < -0.4 is 4.90 Å². The molecule has 8 heteroatoms. The van der Waals surface area contributed by atoms with Crippen molar-refractivity contribution >= 4 is 39.2 Å². The number of aromatic nitrogens is 1. The summed E-state index contributed by atoms with van der Waals surface area (Å²) >= 11 is 3.33. The van der Waals surface area contributed by atoms with Crippen molar-refractivity contribution in [2.24, 2.45) is 0 Å². The number of rotatable bonds is 3. The number of hydrogen-bond acceptors (Lipinski definition) is 5. The van der Waals surface area contributed by atoms with Gasteiger partial charge < -0.3 is 9.63 Å². The van der Waals surface area contributed by atoms with Gasteiger partial charge in [0.1, 0.15) is 17.3 Å². The van der Waals surface area contributed by atoms with E-state index in [-0.39, 0.29) is 22.6 Å². The summed E-state index contributed by atoms with van der Waals surface area (Å²) in [6.45, 7) is 5.78. The van der Waals surface area contributed by atoms with Crippen LogP contribution in [0.3, 0.4) is 0 Å². The molecule has 0 radical (unpaired) electrons. The summed E-state index contributed by atoms with van der Waals surface area (Å²) in [7, 11) is 0. The van der Waals surface area contributed by atoms with Crippen LogP contribution in [0.4, 0.5) is 10.2 Å². The largest absolute Gasteiger partial charge is 0.507 e. The van der Waals surface area contributed by atoms with E-state index in [1.54, 1.807) is 30.3 Å². The maximum absolute atomic E-state index is 13.6. The average molecular weight is 499 g/mol. The topological polar surface area (TPSA) is 83.6 Å². The zero-order valence-electron chi connectivity index (χ0n) is 17.6. The van der Waals surface area contributed by atoms with Gasteiger partial charge in [0.2, 0.25) is 0 Å². The van der Waals surface area contributed by atoms with Gasteiger partial charge in [-0.1, -0.05) is 66.1 Å². The van der Waals surface area contributed by atoms with Crippen molar-refractivity contribution in [1.29, 1.82) is 0 Å². The standard InChI is InChI=1S/C24H20BrFN2O4/c1-24(2,3)17-12-18(27-32-17)28-20(13-6-10-16(26)11-7-13)19(22(30)23(28)31)21(29)14-4-8-15(25)9-5-14/h4-12,20,29H,1-3H3/t20-/m0/s1. The monoisotopic (exact) mass is 498 g/mol. The minimum atomic E-state index is -1.00. The first-order chi connectivity index (χ1) is 15.1. The number of amides is 1. The Bertz CT molecular complexity index is 1220. The minimum Gasteiger partial charge on any atom is -0.507 e. The Morgan fingerprint density at radius 2 is 1.72 bits per heavy atom. The second-order valence-electron chi connectivity index (χ2n) is 8.53. The smallest absolute Gasteiger partial charge is 0.301 e.